The zero-order valence-electron chi connectivity index (χ0n) is 42.1. The molecule has 0 bridgehead atoms. The number of methoxy groups -OCH3 is 1. The van der Waals surface area contributed by atoms with Crippen LogP contribution in [0.3, 0.4) is 0 Å². The molecule has 0 aromatic heterocycles. The van der Waals surface area contributed by atoms with Crippen LogP contribution in [0.1, 0.15) is 86.0 Å². The number of aliphatic hydroxyl groups excluding tert-OH is 12. The smallest absolute Gasteiger partial charge is 0.187 e. The molecule has 72 heavy (non-hydrogen) atoms. The Hall–Kier alpha value is -1.14. The maximum atomic E-state index is 11.5. The van der Waals surface area contributed by atoms with E-state index in [0.29, 0.717) is 19.3 Å². The lowest BCUT2D eigenvalue weighted by Crippen LogP contribution is -2.65. The van der Waals surface area contributed by atoms with Crippen LogP contribution >= 0.6 is 0 Å². The molecular formula is C50H82O22. The fraction of sp³-hybridized carbons (Fsp3) is 0.960. The van der Waals surface area contributed by atoms with Gasteiger partial charge >= 0.3 is 0 Å². The summed E-state index contributed by atoms with van der Waals surface area (Å²) in [5, 5.41) is 127. The molecule has 12 N–H and O–H groups in total. The molecule has 4 aliphatic carbocycles. The number of hydrogen-bond donors (Lipinski definition) is 12. The van der Waals surface area contributed by atoms with E-state index >= 15 is 0 Å². The molecule has 22 nitrogen and oxygen atoms in total. The summed E-state index contributed by atoms with van der Waals surface area (Å²) >= 11 is 0. The zero-order chi connectivity index (χ0) is 51.9. The fourth-order valence-electron chi connectivity index (χ4n) is 14.8. The molecular weight excluding hydrogens is 953 g/mol. The van der Waals surface area contributed by atoms with Gasteiger partial charge in [0.2, 0.25) is 0 Å². The Morgan fingerprint density at radius 3 is 2.11 bits per heavy atom. The lowest BCUT2D eigenvalue weighted by atomic mass is 9.46. The Morgan fingerprint density at radius 1 is 0.722 bits per heavy atom. The Bertz CT molecular complexity index is 1860. The third-order valence-electron chi connectivity index (χ3n) is 19.1. The molecule has 5 aliphatic heterocycles. The van der Waals surface area contributed by atoms with Gasteiger partial charge in [-0.1, -0.05) is 39.3 Å². The number of fused-ring (bicyclic) bond motifs is 7. The molecule has 3 saturated carbocycles. The normalized spacial score (nSPS) is 55.1. The summed E-state index contributed by atoms with van der Waals surface area (Å²) in [6, 6.07) is 0. The maximum Gasteiger partial charge on any atom is 0.187 e. The van der Waals surface area contributed by atoms with Crippen LogP contribution in [0.25, 0.3) is 0 Å². The molecule has 0 radical (unpaired) electrons. The first kappa shape index (κ1) is 55.6. The monoisotopic (exact) mass is 1030 g/mol. The van der Waals surface area contributed by atoms with E-state index in [9.17, 15) is 61.3 Å². The fourth-order valence-corrected chi connectivity index (χ4v) is 14.8. The van der Waals surface area contributed by atoms with Crippen molar-refractivity contribution in [1.29, 1.82) is 0 Å². The average Bonchev–Trinajstić information content (AvgIpc) is 3.81. The highest BCUT2D eigenvalue weighted by Crippen LogP contribution is 2.70. The van der Waals surface area contributed by atoms with E-state index in [1.807, 2.05) is 6.92 Å². The van der Waals surface area contributed by atoms with Crippen LogP contribution in [0, 0.1) is 46.3 Å². The number of ether oxygens (including phenoxy) is 10. The number of hydrogen-bond acceptors (Lipinski definition) is 22. The van der Waals surface area contributed by atoms with Crippen molar-refractivity contribution >= 4 is 0 Å². The van der Waals surface area contributed by atoms with Crippen molar-refractivity contribution in [3.63, 3.8) is 0 Å². The van der Waals surface area contributed by atoms with Crippen LogP contribution < -0.4 is 0 Å². The van der Waals surface area contributed by atoms with Crippen LogP contribution in [-0.2, 0) is 47.4 Å². The minimum atomic E-state index is -1.76. The van der Waals surface area contributed by atoms with Gasteiger partial charge in [-0.2, -0.15) is 0 Å². The van der Waals surface area contributed by atoms with Crippen LogP contribution in [0.15, 0.2) is 11.6 Å². The SMILES string of the molecule is COC1(CCC(C)COC2OC(CO)C(O)C(O)C2O)OC2CC3C4CC=C5CC(O)CC(OC6OCC(O)C(OC7OCC(O)C(O)C7O)C6OC6OC(C)C(O)C(O)C6O)C5(C)C4CCC3(C)C2C1C. The molecule has 9 rings (SSSR count). The van der Waals surface area contributed by atoms with Gasteiger partial charge in [-0.3, -0.25) is 0 Å². The molecule has 22 heteroatoms. The Labute approximate surface area is 420 Å². The largest absolute Gasteiger partial charge is 0.394 e. The van der Waals surface area contributed by atoms with Gasteiger partial charge in [0, 0.05) is 31.3 Å². The third-order valence-corrected chi connectivity index (χ3v) is 19.1. The highest BCUT2D eigenvalue weighted by atomic mass is 16.8. The highest BCUT2D eigenvalue weighted by molar-refractivity contribution is 5.29. The van der Waals surface area contributed by atoms with E-state index in [1.165, 1.54) is 6.92 Å². The van der Waals surface area contributed by atoms with Crippen LogP contribution in [0.4, 0.5) is 0 Å². The predicted octanol–water partition coefficient (Wildman–Crippen LogP) is -2.10. The van der Waals surface area contributed by atoms with Crippen molar-refractivity contribution in [2.75, 3.05) is 33.5 Å². The van der Waals surface area contributed by atoms with Gasteiger partial charge in [0.25, 0.3) is 0 Å². The molecule has 0 amide bonds. The summed E-state index contributed by atoms with van der Waals surface area (Å²) < 4.78 is 62.0. The van der Waals surface area contributed by atoms with Gasteiger partial charge in [-0.25, -0.2) is 0 Å². The van der Waals surface area contributed by atoms with Gasteiger partial charge in [0.15, 0.2) is 30.9 Å². The van der Waals surface area contributed by atoms with Crippen LogP contribution in [0.5, 0.6) is 0 Å². The number of rotatable bonds is 14. The molecule has 9 aliphatic rings. The predicted molar refractivity (Wildman–Crippen MR) is 244 cm³/mol. The van der Waals surface area contributed by atoms with Gasteiger partial charge in [0.1, 0.15) is 79.4 Å². The van der Waals surface area contributed by atoms with E-state index in [4.69, 9.17) is 47.4 Å². The quantitative estimate of drug-likeness (QED) is 0.0829. The van der Waals surface area contributed by atoms with E-state index < -0.39 is 141 Å². The molecule has 414 valence electrons. The van der Waals surface area contributed by atoms with Crippen LogP contribution in [-0.4, -0.2) is 230 Å². The molecule has 0 aromatic rings. The average molecular weight is 1040 g/mol. The molecule has 30 unspecified atom stereocenters. The number of aliphatic hydroxyl groups is 12. The summed E-state index contributed by atoms with van der Waals surface area (Å²) in [6.45, 7) is 9.23. The molecule has 0 aromatic carbocycles. The van der Waals surface area contributed by atoms with Crippen molar-refractivity contribution in [2.24, 2.45) is 46.3 Å². The Morgan fingerprint density at radius 2 is 1.39 bits per heavy atom. The Balaban J connectivity index is 0.911. The minimum Gasteiger partial charge on any atom is -0.394 e. The van der Waals surface area contributed by atoms with Crippen molar-refractivity contribution in [3.05, 3.63) is 11.6 Å². The maximum absolute atomic E-state index is 11.5. The summed E-state index contributed by atoms with van der Waals surface area (Å²) in [5.41, 5.74) is 0.357. The zero-order valence-corrected chi connectivity index (χ0v) is 42.1. The third kappa shape index (κ3) is 9.69. The van der Waals surface area contributed by atoms with Crippen LogP contribution in [0.2, 0.25) is 0 Å². The van der Waals surface area contributed by atoms with E-state index in [-0.39, 0.29) is 73.3 Å². The minimum absolute atomic E-state index is 0.0298. The first-order chi connectivity index (χ1) is 34.1. The topological polar surface area (TPSA) is 335 Å². The van der Waals surface area contributed by atoms with Crippen molar-refractivity contribution in [1.82, 2.24) is 0 Å². The van der Waals surface area contributed by atoms with Crippen molar-refractivity contribution < 1.29 is 109 Å². The molecule has 5 heterocycles. The molecule has 30 atom stereocenters. The lowest BCUT2D eigenvalue weighted by Gasteiger charge is -2.60. The van der Waals surface area contributed by atoms with Gasteiger partial charge in [0.05, 0.1) is 50.8 Å². The van der Waals surface area contributed by atoms with Gasteiger partial charge in [-0.15, -0.1) is 0 Å². The Kier molecular flexibility index (Phi) is 16.7. The van der Waals surface area contributed by atoms with E-state index in [0.717, 1.165) is 31.3 Å². The van der Waals surface area contributed by atoms with E-state index in [1.54, 1.807) is 7.11 Å². The summed E-state index contributed by atoms with van der Waals surface area (Å²) in [4.78, 5) is 0. The second-order valence-corrected chi connectivity index (χ2v) is 23.2. The second kappa shape index (κ2) is 21.6. The summed E-state index contributed by atoms with van der Waals surface area (Å²) in [6.07, 6.45) is -20.1. The van der Waals surface area contributed by atoms with Crippen molar-refractivity contribution in [3.8, 4) is 0 Å². The standard InChI is InChI=1S/C50H82O22/c1-20(17-64-44-40(61)38(59)36(57)31(16-51)68-44)9-12-50(63-6)21(2)33-30(72-50)15-27-25-8-7-23-13-24(52)14-32(49(23,5)26(25)10-11-48(27,33)4)69-47-43(71-46-41(62)37(58)34(55)22(3)67-46)42(29(54)19-66-47)70-45-39(60)35(56)28(53)18-65-45/h7,20-22,24-47,51-62H,8-19H2,1-6H3. The van der Waals surface area contributed by atoms with E-state index in [2.05, 4.69) is 26.8 Å². The van der Waals surface area contributed by atoms with Gasteiger partial charge < -0.3 is 109 Å². The first-order valence-electron chi connectivity index (χ1n) is 26.2. The lowest BCUT2D eigenvalue weighted by molar-refractivity contribution is -0.382. The van der Waals surface area contributed by atoms with Gasteiger partial charge in [-0.05, 0) is 80.5 Å². The highest BCUT2D eigenvalue weighted by Gasteiger charge is 2.69. The molecule has 5 saturated heterocycles. The first-order valence-corrected chi connectivity index (χ1v) is 26.2. The molecule has 0 spiro atoms. The number of allylic oxidation sites excluding steroid dienone is 1. The molecule has 8 fully saturated rings. The van der Waals surface area contributed by atoms with Crippen molar-refractivity contribution in [2.45, 2.75) is 221 Å². The second-order valence-electron chi connectivity index (χ2n) is 23.2. The summed E-state index contributed by atoms with van der Waals surface area (Å²) in [7, 11) is 1.69. The summed E-state index contributed by atoms with van der Waals surface area (Å²) in [5.74, 6) is -0.0577.